The normalized spacial score (nSPS) is 9.91. The zero-order valence-corrected chi connectivity index (χ0v) is 12.8. The van der Waals surface area contributed by atoms with E-state index in [1.807, 2.05) is 54.6 Å². The highest BCUT2D eigenvalue weighted by Gasteiger charge is 2.08. The number of ether oxygens (including phenoxy) is 2. The SMILES string of the molecule is COc1ccc(OCCN(C)C(=O)Nc2ccccc2)cc1. The smallest absolute Gasteiger partial charge is 0.321 e. The van der Waals surface area contributed by atoms with Crippen molar-refractivity contribution in [2.75, 3.05) is 32.6 Å². The van der Waals surface area contributed by atoms with Gasteiger partial charge >= 0.3 is 6.03 Å². The summed E-state index contributed by atoms with van der Waals surface area (Å²) in [5, 5.41) is 2.82. The van der Waals surface area contributed by atoms with E-state index in [1.165, 1.54) is 0 Å². The number of methoxy groups -OCH3 is 1. The quantitative estimate of drug-likeness (QED) is 0.891. The molecule has 5 nitrogen and oxygen atoms in total. The Hall–Kier alpha value is -2.69. The Morgan fingerprint density at radius 2 is 1.68 bits per heavy atom. The van der Waals surface area contributed by atoms with E-state index in [1.54, 1.807) is 19.1 Å². The number of urea groups is 1. The molecule has 0 heterocycles. The lowest BCUT2D eigenvalue weighted by molar-refractivity contribution is 0.207. The molecule has 0 bridgehead atoms. The number of likely N-dealkylation sites (N-methyl/N-ethyl adjacent to an activating group) is 1. The van der Waals surface area contributed by atoms with Crippen LogP contribution < -0.4 is 14.8 Å². The molecule has 22 heavy (non-hydrogen) atoms. The minimum Gasteiger partial charge on any atom is -0.497 e. The van der Waals surface area contributed by atoms with Crippen LogP contribution in [0.2, 0.25) is 0 Å². The maximum atomic E-state index is 12.0. The summed E-state index contributed by atoms with van der Waals surface area (Å²) in [6.45, 7) is 0.912. The summed E-state index contributed by atoms with van der Waals surface area (Å²) in [6.07, 6.45) is 0. The van der Waals surface area contributed by atoms with Gasteiger partial charge in [0.15, 0.2) is 0 Å². The minimum atomic E-state index is -0.162. The van der Waals surface area contributed by atoms with Crippen molar-refractivity contribution in [1.29, 1.82) is 0 Å². The number of amides is 2. The van der Waals surface area contributed by atoms with Gasteiger partial charge in [-0.1, -0.05) is 18.2 Å². The highest BCUT2D eigenvalue weighted by atomic mass is 16.5. The highest BCUT2D eigenvalue weighted by Crippen LogP contribution is 2.16. The first kappa shape index (κ1) is 15.7. The number of nitrogens with zero attached hydrogens (tertiary/aromatic N) is 1. The Bertz CT molecular complexity index is 585. The van der Waals surface area contributed by atoms with Crippen LogP contribution >= 0.6 is 0 Å². The van der Waals surface area contributed by atoms with Gasteiger partial charge in [-0.25, -0.2) is 4.79 Å². The lowest BCUT2D eigenvalue weighted by atomic mass is 10.3. The molecule has 5 heteroatoms. The fourth-order valence-corrected chi connectivity index (χ4v) is 1.81. The number of nitrogens with one attached hydrogen (secondary N) is 1. The zero-order valence-electron chi connectivity index (χ0n) is 12.8. The van der Waals surface area contributed by atoms with E-state index in [-0.39, 0.29) is 6.03 Å². The molecule has 0 unspecified atom stereocenters. The first-order chi connectivity index (χ1) is 10.7. The molecular weight excluding hydrogens is 280 g/mol. The van der Waals surface area contributed by atoms with Gasteiger partial charge in [-0.05, 0) is 36.4 Å². The second kappa shape index (κ2) is 7.93. The van der Waals surface area contributed by atoms with Crippen molar-refractivity contribution in [2.24, 2.45) is 0 Å². The second-order valence-electron chi connectivity index (χ2n) is 4.74. The van der Waals surface area contributed by atoms with Gasteiger partial charge in [0.1, 0.15) is 18.1 Å². The van der Waals surface area contributed by atoms with Crippen molar-refractivity contribution >= 4 is 11.7 Å². The van der Waals surface area contributed by atoms with Crippen molar-refractivity contribution in [3.8, 4) is 11.5 Å². The van der Waals surface area contributed by atoms with Gasteiger partial charge in [-0.15, -0.1) is 0 Å². The fraction of sp³-hybridized carbons (Fsp3) is 0.235. The first-order valence-electron chi connectivity index (χ1n) is 7.03. The number of para-hydroxylation sites is 1. The minimum absolute atomic E-state index is 0.162. The number of anilines is 1. The molecule has 0 aromatic heterocycles. The predicted octanol–water partition coefficient (Wildman–Crippen LogP) is 3.24. The number of carbonyl (C=O) groups is 1. The van der Waals surface area contributed by atoms with Crippen molar-refractivity contribution in [1.82, 2.24) is 4.90 Å². The van der Waals surface area contributed by atoms with Gasteiger partial charge in [-0.3, -0.25) is 0 Å². The molecule has 0 atom stereocenters. The van der Waals surface area contributed by atoms with E-state index >= 15 is 0 Å². The van der Waals surface area contributed by atoms with Crippen molar-refractivity contribution in [3.63, 3.8) is 0 Å². The van der Waals surface area contributed by atoms with Crippen LogP contribution in [0, 0.1) is 0 Å². The number of hydrogen-bond acceptors (Lipinski definition) is 3. The summed E-state index contributed by atoms with van der Waals surface area (Å²) < 4.78 is 10.7. The van der Waals surface area contributed by atoms with Crippen LogP contribution in [0.4, 0.5) is 10.5 Å². The Kier molecular flexibility index (Phi) is 5.65. The monoisotopic (exact) mass is 300 g/mol. The number of hydrogen-bond donors (Lipinski definition) is 1. The summed E-state index contributed by atoms with van der Waals surface area (Å²) in [6, 6.07) is 16.5. The van der Waals surface area contributed by atoms with Crippen LogP contribution in [0.25, 0.3) is 0 Å². The molecule has 0 radical (unpaired) electrons. The third kappa shape index (κ3) is 4.70. The zero-order chi connectivity index (χ0) is 15.8. The Balaban J connectivity index is 1.74. The molecule has 1 N–H and O–H groups in total. The lowest BCUT2D eigenvalue weighted by Gasteiger charge is -2.18. The summed E-state index contributed by atoms with van der Waals surface area (Å²) in [5.41, 5.74) is 0.774. The average molecular weight is 300 g/mol. The van der Waals surface area contributed by atoms with Crippen LogP contribution in [0.1, 0.15) is 0 Å². The third-order valence-corrected chi connectivity index (χ3v) is 3.13. The van der Waals surface area contributed by atoms with Gasteiger partial charge in [-0.2, -0.15) is 0 Å². The van der Waals surface area contributed by atoms with Crippen LogP contribution in [-0.2, 0) is 0 Å². The van der Waals surface area contributed by atoms with Crippen molar-refractivity contribution < 1.29 is 14.3 Å². The molecule has 116 valence electrons. The Labute approximate surface area is 130 Å². The molecule has 0 fully saturated rings. The average Bonchev–Trinajstić information content (AvgIpc) is 2.56. The van der Waals surface area contributed by atoms with Crippen LogP contribution in [-0.4, -0.2) is 38.2 Å². The van der Waals surface area contributed by atoms with E-state index < -0.39 is 0 Å². The molecule has 0 aliphatic carbocycles. The molecule has 0 aliphatic rings. The van der Waals surface area contributed by atoms with E-state index in [0.717, 1.165) is 17.2 Å². The summed E-state index contributed by atoms with van der Waals surface area (Å²) >= 11 is 0. The summed E-state index contributed by atoms with van der Waals surface area (Å²) in [4.78, 5) is 13.6. The van der Waals surface area contributed by atoms with E-state index in [2.05, 4.69) is 5.32 Å². The van der Waals surface area contributed by atoms with Crippen LogP contribution in [0.15, 0.2) is 54.6 Å². The third-order valence-electron chi connectivity index (χ3n) is 3.13. The van der Waals surface area contributed by atoms with Gasteiger partial charge < -0.3 is 19.7 Å². The molecule has 2 aromatic rings. The molecule has 0 saturated carbocycles. The predicted molar refractivity (Wildman–Crippen MR) is 86.6 cm³/mol. The molecular formula is C17H20N2O3. The summed E-state index contributed by atoms with van der Waals surface area (Å²) in [7, 11) is 3.35. The first-order valence-corrected chi connectivity index (χ1v) is 7.03. The second-order valence-corrected chi connectivity index (χ2v) is 4.74. The number of benzene rings is 2. The van der Waals surface area contributed by atoms with Gasteiger partial charge in [0.2, 0.25) is 0 Å². The molecule has 0 aliphatic heterocycles. The molecule has 0 saturated heterocycles. The molecule has 2 amide bonds. The van der Waals surface area contributed by atoms with Gasteiger partial charge in [0, 0.05) is 12.7 Å². The summed E-state index contributed by atoms with van der Waals surface area (Å²) in [5.74, 6) is 1.53. The van der Waals surface area contributed by atoms with E-state index in [0.29, 0.717) is 13.2 Å². The largest absolute Gasteiger partial charge is 0.497 e. The number of rotatable bonds is 6. The highest BCUT2D eigenvalue weighted by molar-refractivity contribution is 5.89. The molecule has 2 rings (SSSR count). The molecule has 2 aromatic carbocycles. The van der Waals surface area contributed by atoms with Crippen molar-refractivity contribution in [2.45, 2.75) is 0 Å². The van der Waals surface area contributed by atoms with Crippen LogP contribution in [0.3, 0.4) is 0 Å². The topological polar surface area (TPSA) is 50.8 Å². The van der Waals surface area contributed by atoms with Gasteiger partial charge in [0.05, 0.1) is 13.7 Å². The standard InChI is InChI=1S/C17H20N2O3/c1-19(17(20)18-14-6-4-3-5-7-14)12-13-22-16-10-8-15(21-2)9-11-16/h3-11H,12-13H2,1-2H3,(H,18,20). The van der Waals surface area contributed by atoms with Crippen LogP contribution in [0.5, 0.6) is 11.5 Å². The number of carbonyl (C=O) groups excluding carboxylic acids is 1. The van der Waals surface area contributed by atoms with Gasteiger partial charge in [0.25, 0.3) is 0 Å². The Morgan fingerprint density at radius 3 is 2.32 bits per heavy atom. The Morgan fingerprint density at radius 1 is 1.05 bits per heavy atom. The molecule has 0 spiro atoms. The van der Waals surface area contributed by atoms with Crippen molar-refractivity contribution in [3.05, 3.63) is 54.6 Å². The fourth-order valence-electron chi connectivity index (χ4n) is 1.81. The lowest BCUT2D eigenvalue weighted by Crippen LogP contribution is -2.34. The van der Waals surface area contributed by atoms with E-state index in [4.69, 9.17) is 9.47 Å². The van der Waals surface area contributed by atoms with E-state index in [9.17, 15) is 4.79 Å². The maximum absolute atomic E-state index is 12.0. The maximum Gasteiger partial charge on any atom is 0.321 e.